The Balaban J connectivity index is 2.12. The van der Waals surface area contributed by atoms with Crippen LogP contribution in [-0.2, 0) is 4.74 Å². The molecular weight excluding hydrogens is 90.1 g/mol. The van der Waals surface area contributed by atoms with Crippen LogP contribution in [0.2, 0.25) is 0 Å². The topological polar surface area (TPSA) is 15.1 Å². The predicted octanol–water partition coefficient (Wildman–Crippen LogP) is -0.214. The lowest BCUT2D eigenvalue weighted by Crippen LogP contribution is -2.37. The lowest BCUT2D eigenvalue weighted by molar-refractivity contribution is 0.0830. The van der Waals surface area contributed by atoms with E-state index in [4.69, 9.17) is 4.74 Å². The molecule has 0 aliphatic carbocycles. The molecule has 0 aromatic carbocycles. The monoisotopic (exact) mass is 101 g/mol. The second-order valence-corrected chi connectivity index (χ2v) is 1.92. The van der Waals surface area contributed by atoms with E-state index in [9.17, 15) is 0 Å². The van der Waals surface area contributed by atoms with Gasteiger partial charge in [-0.15, -0.1) is 0 Å². The van der Waals surface area contributed by atoms with Crippen LogP contribution in [0.4, 0.5) is 0 Å². The van der Waals surface area contributed by atoms with E-state index in [2.05, 4.69) is 11.9 Å². The number of morpholine rings is 1. The SMILES string of the molecule is C[N+]1CCOCC1. The van der Waals surface area contributed by atoms with E-state index >= 15 is 0 Å². The predicted molar refractivity (Wildman–Crippen MR) is 28.6 cm³/mol. The van der Waals surface area contributed by atoms with Crippen molar-refractivity contribution in [2.24, 2.45) is 0 Å². The van der Waals surface area contributed by atoms with Crippen LogP contribution >= 0.6 is 0 Å². The minimum atomic E-state index is 0.913. The Morgan fingerprint density at radius 1 is 1.29 bits per heavy atom. The molecule has 0 saturated carbocycles. The molecule has 1 heterocycles. The third kappa shape index (κ3) is 1.45. The van der Waals surface area contributed by atoms with Crippen molar-refractivity contribution in [2.45, 2.75) is 0 Å². The summed E-state index contributed by atoms with van der Waals surface area (Å²) >= 11 is 0. The quantitative estimate of drug-likeness (QED) is 0.385. The van der Waals surface area contributed by atoms with Crippen LogP contribution in [0.1, 0.15) is 0 Å². The lowest BCUT2D eigenvalue weighted by atomic mass is 10.5. The summed E-state index contributed by atoms with van der Waals surface area (Å²) in [6.45, 7) is 4.02. The van der Waals surface area contributed by atoms with Crippen molar-refractivity contribution in [3.05, 3.63) is 0 Å². The van der Waals surface area contributed by atoms with E-state index in [0.29, 0.717) is 0 Å². The molecule has 1 aliphatic rings. The number of likely N-dealkylation sites (N-methyl/N-ethyl adjacent to an activating group) is 1. The summed E-state index contributed by atoms with van der Waals surface area (Å²) in [6, 6.07) is 0. The average molecular weight is 101 g/mol. The van der Waals surface area contributed by atoms with Crippen LogP contribution in [0.3, 0.4) is 0 Å². The van der Waals surface area contributed by atoms with E-state index in [1.165, 1.54) is 0 Å². The first-order valence-electron chi connectivity index (χ1n) is 2.66. The van der Waals surface area contributed by atoms with Crippen molar-refractivity contribution in [1.82, 2.24) is 4.90 Å². The van der Waals surface area contributed by atoms with E-state index in [-0.39, 0.29) is 0 Å². The van der Waals surface area contributed by atoms with Gasteiger partial charge in [-0.2, -0.15) is 4.90 Å². The van der Waals surface area contributed by atoms with Crippen molar-refractivity contribution in [1.29, 1.82) is 0 Å². The molecule has 0 aromatic rings. The largest absolute Gasteiger partial charge is 0.369 e. The molecule has 0 bridgehead atoms. The zero-order valence-corrected chi connectivity index (χ0v) is 4.68. The standard InChI is InChI=1S/C5H11NO/c1-6-2-4-7-5-3-6/h2-5H2,1H3/q+1. The van der Waals surface area contributed by atoms with Gasteiger partial charge in [-0.1, -0.05) is 0 Å². The van der Waals surface area contributed by atoms with Gasteiger partial charge in [-0.3, -0.25) is 0 Å². The number of ether oxygens (including phenoxy) is 1. The number of rotatable bonds is 0. The Morgan fingerprint density at radius 2 is 1.86 bits per heavy atom. The lowest BCUT2D eigenvalue weighted by Gasteiger charge is -2.12. The average Bonchev–Trinajstić information content (AvgIpc) is 1.69. The van der Waals surface area contributed by atoms with Gasteiger partial charge in [0.25, 0.3) is 0 Å². The van der Waals surface area contributed by atoms with Gasteiger partial charge in [0.15, 0.2) is 0 Å². The molecule has 1 rings (SSSR count). The first-order chi connectivity index (χ1) is 3.39. The number of hydrogen-bond donors (Lipinski definition) is 0. The second kappa shape index (κ2) is 2.28. The van der Waals surface area contributed by atoms with Crippen molar-refractivity contribution < 1.29 is 4.74 Å². The molecule has 0 N–H and O–H groups in total. The molecule has 0 spiro atoms. The molecule has 0 amide bonds. The molecule has 2 nitrogen and oxygen atoms in total. The van der Waals surface area contributed by atoms with Crippen LogP contribution in [-0.4, -0.2) is 33.4 Å². The van der Waals surface area contributed by atoms with Gasteiger partial charge < -0.3 is 4.74 Å². The van der Waals surface area contributed by atoms with Crippen molar-refractivity contribution >= 4 is 0 Å². The van der Waals surface area contributed by atoms with Crippen molar-refractivity contribution in [2.75, 3.05) is 33.4 Å². The fraction of sp³-hybridized carbons (Fsp3) is 1.00. The van der Waals surface area contributed by atoms with Gasteiger partial charge in [-0.05, 0) is 0 Å². The molecule has 2 heteroatoms. The van der Waals surface area contributed by atoms with E-state index in [1.54, 1.807) is 0 Å². The van der Waals surface area contributed by atoms with E-state index in [0.717, 1.165) is 26.3 Å². The smallest absolute Gasteiger partial charge is 0.145 e. The minimum Gasteiger partial charge on any atom is -0.369 e. The molecule has 0 unspecified atom stereocenters. The molecular formula is C5H11NO+. The van der Waals surface area contributed by atoms with Gasteiger partial charge in [0, 0.05) is 0 Å². The van der Waals surface area contributed by atoms with E-state index < -0.39 is 0 Å². The summed E-state index contributed by atoms with van der Waals surface area (Å²) in [5.41, 5.74) is 0. The Morgan fingerprint density at radius 3 is 2.14 bits per heavy atom. The summed E-state index contributed by atoms with van der Waals surface area (Å²) in [5, 5.41) is 0. The zero-order valence-electron chi connectivity index (χ0n) is 4.68. The highest BCUT2D eigenvalue weighted by Crippen LogP contribution is 1.86. The van der Waals surface area contributed by atoms with Crippen LogP contribution < -0.4 is 4.90 Å². The highest BCUT2D eigenvalue weighted by atomic mass is 16.5. The van der Waals surface area contributed by atoms with Gasteiger partial charge in [0.2, 0.25) is 0 Å². The van der Waals surface area contributed by atoms with E-state index in [1.807, 2.05) is 0 Å². The van der Waals surface area contributed by atoms with Gasteiger partial charge in [-0.25, -0.2) is 0 Å². The molecule has 0 atom stereocenters. The number of nitrogens with zero attached hydrogens (tertiary/aromatic N) is 1. The molecule has 1 aliphatic heterocycles. The van der Waals surface area contributed by atoms with Crippen LogP contribution in [0.15, 0.2) is 0 Å². The third-order valence-electron chi connectivity index (χ3n) is 1.23. The maximum atomic E-state index is 5.10. The van der Waals surface area contributed by atoms with Gasteiger partial charge in [0.05, 0.1) is 0 Å². The molecule has 1 fully saturated rings. The molecule has 41 valence electrons. The fourth-order valence-electron chi connectivity index (χ4n) is 0.655. The Bertz CT molecular complexity index is 50.0. The Labute approximate surface area is 44.1 Å². The second-order valence-electron chi connectivity index (χ2n) is 1.92. The summed E-state index contributed by atoms with van der Waals surface area (Å²) in [7, 11) is 2.11. The zero-order chi connectivity index (χ0) is 5.11. The maximum Gasteiger partial charge on any atom is 0.145 e. The molecule has 1 radical (unpaired) electrons. The molecule has 7 heavy (non-hydrogen) atoms. The summed E-state index contributed by atoms with van der Waals surface area (Å²) in [5.74, 6) is 0. The van der Waals surface area contributed by atoms with Gasteiger partial charge in [0.1, 0.15) is 33.4 Å². The molecule has 0 aromatic heterocycles. The van der Waals surface area contributed by atoms with Crippen LogP contribution in [0.25, 0.3) is 0 Å². The molecule has 1 saturated heterocycles. The summed E-state index contributed by atoms with van der Waals surface area (Å²) in [4.78, 5) is 2.27. The van der Waals surface area contributed by atoms with Gasteiger partial charge >= 0.3 is 0 Å². The fourth-order valence-corrected chi connectivity index (χ4v) is 0.655. The Kier molecular flexibility index (Phi) is 1.65. The minimum absolute atomic E-state index is 0.913. The van der Waals surface area contributed by atoms with Crippen molar-refractivity contribution in [3.63, 3.8) is 0 Å². The number of hydrogen-bond acceptors (Lipinski definition) is 2. The third-order valence-corrected chi connectivity index (χ3v) is 1.23. The Hall–Kier alpha value is -0.0800. The van der Waals surface area contributed by atoms with Crippen LogP contribution in [0.5, 0.6) is 0 Å². The highest BCUT2D eigenvalue weighted by molar-refractivity contribution is 4.59. The summed E-state index contributed by atoms with van der Waals surface area (Å²) in [6.07, 6.45) is 0. The first kappa shape index (κ1) is 5.06. The van der Waals surface area contributed by atoms with Crippen molar-refractivity contribution in [3.8, 4) is 0 Å². The van der Waals surface area contributed by atoms with Crippen LogP contribution in [0, 0.1) is 0 Å². The first-order valence-corrected chi connectivity index (χ1v) is 2.66. The maximum absolute atomic E-state index is 5.10. The normalized spacial score (nSPS) is 25.3. The summed E-state index contributed by atoms with van der Waals surface area (Å²) < 4.78 is 5.10. The highest BCUT2D eigenvalue weighted by Gasteiger charge is 2.11.